The lowest BCUT2D eigenvalue weighted by atomic mass is 10.00. The molecule has 0 radical (unpaired) electrons. The smallest absolute Gasteiger partial charge is 0.354 e. The number of benzene rings is 4. The van der Waals surface area contributed by atoms with E-state index in [0.29, 0.717) is 16.7 Å². The molecule has 5 heterocycles. The Labute approximate surface area is 430 Å². The molecular formula is C57H47F10N4O3PSi. The van der Waals surface area contributed by atoms with Crippen LogP contribution in [0.1, 0.15) is 92.1 Å². The van der Waals surface area contributed by atoms with Gasteiger partial charge >= 0.3 is 7.60 Å². The number of hydrogen-bond donors (Lipinski definition) is 4. The molecule has 76 heavy (non-hydrogen) atoms. The zero-order chi connectivity index (χ0) is 55.1. The third kappa shape index (κ3) is 10.1. The highest BCUT2D eigenvalue weighted by Gasteiger charge is 2.38. The summed E-state index contributed by atoms with van der Waals surface area (Å²) < 4.78 is 182. The summed E-state index contributed by atoms with van der Waals surface area (Å²) in [4.78, 5) is 12.4. The van der Waals surface area contributed by atoms with Crippen molar-refractivity contribution in [2.75, 3.05) is 0 Å². The topological polar surface area (TPSA) is 98.7 Å². The lowest BCUT2D eigenvalue weighted by Gasteiger charge is -2.32. The van der Waals surface area contributed by atoms with E-state index in [0.717, 1.165) is 0 Å². The SMILES string of the molecule is CC(C)(C)OP(=O)(OC(C)(C)C)c1ccc(C2=c3ccc([nH]3)=C(c3c(F)c(F)c(F)c(F)c3F)c3ccc([nH]3)C(c3ccc(C#C[Si](C)(C)C)cc3)=c3ccc([nH]3)=C(c3c(F)c(F)c(F)c(F)c3F)c3ccc2[nH]3)cc1. The van der Waals surface area contributed by atoms with Crippen LogP contribution < -0.4 is 26.7 Å². The Morgan fingerprint density at radius 2 is 0.711 bits per heavy atom. The molecule has 0 amide bonds. The largest absolute Gasteiger partial charge is 0.362 e. The predicted octanol–water partition coefficient (Wildman–Crippen LogP) is 11.4. The van der Waals surface area contributed by atoms with Crippen LogP contribution in [0.15, 0.2) is 97.1 Å². The summed E-state index contributed by atoms with van der Waals surface area (Å²) in [6.07, 6.45) is 0. The summed E-state index contributed by atoms with van der Waals surface area (Å²) in [5.41, 5.74) is -0.443. The first-order valence-corrected chi connectivity index (χ1v) is 28.6. The average molecular weight is 1090 g/mol. The fourth-order valence-electron chi connectivity index (χ4n) is 8.77. The van der Waals surface area contributed by atoms with Crippen molar-refractivity contribution < 1.29 is 57.5 Å². The van der Waals surface area contributed by atoms with Gasteiger partial charge in [-0.2, -0.15) is 0 Å². The van der Waals surface area contributed by atoms with Crippen LogP contribution in [-0.2, 0) is 13.6 Å². The minimum absolute atomic E-state index is 0.0981. The van der Waals surface area contributed by atoms with Gasteiger partial charge < -0.3 is 19.9 Å². The first kappa shape index (κ1) is 53.5. The Hall–Kier alpha value is -7.29. The molecule has 0 fully saturated rings. The molecule has 1 aliphatic heterocycles. The van der Waals surface area contributed by atoms with E-state index in [-0.39, 0.29) is 60.6 Å². The second-order valence-electron chi connectivity index (χ2n) is 21.1. The molecule has 0 spiro atoms. The molecule has 19 heteroatoms. The number of halogens is 10. The molecule has 4 N–H and O–H groups in total. The molecule has 4 aromatic carbocycles. The molecular weight excluding hydrogens is 1040 g/mol. The minimum Gasteiger partial charge on any atom is -0.354 e. The van der Waals surface area contributed by atoms with Gasteiger partial charge in [-0.15, -0.1) is 5.54 Å². The van der Waals surface area contributed by atoms with Crippen LogP contribution in [0.2, 0.25) is 19.6 Å². The van der Waals surface area contributed by atoms with E-state index in [1.165, 1.54) is 72.8 Å². The van der Waals surface area contributed by atoms with Crippen LogP contribution in [-0.4, -0.2) is 39.2 Å². The Balaban J connectivity index is 1.42. The Kier molecular flexibility index (Phi) is 13.6. The van der Waals surface area contributed by atoms with Crippen molar-refractivity contribution in [2.45, 2.75) is 72.4 Å². The lowest BCUT2D eigenvalue weighted by molar-refractivity contribution is 0.0548. The summed E-state index contributed by atoms with van der Waals surface area (Å²) in [6, 6.07) is 24.0. The molecule has 0 unspecified atom stereocenters. The molecule has 392 valence electrons. The van der Waals surface area contributed by atoms with Crippen molar-refractivity contribution in [3.63, 3.8) is 0 Å². The molecule has 9 rings (SSSR count). The van der Waals surface area contributed by atoms with Crippen LogP contribution in [0.25, 0.3) is 22.3 Å². The summed E-state index contributed by atoms with van der Waals surface area (Å²) in [6.45, 7) is 16.4. The van der Waals surface area contributed by atoms with Gasteiger partial charge in [-0.25, -0.2) is 43.9 Å². The first-order chi connectivity index (χ1) is 35.5. The number of aromatic amines is 4. The van der Waals surface area contributed by atoms with E-state index in [4.69, 9.17) is 9.05 Å². The molecule has 0 aliphatic carbocycles. The van der Waals surface area contributed by atoms with E-state index in [1.807, 2.05) is 0 Å². The molecule has 7 nitrogen and oxygen atoms in total. The molecule has 0 atom stereocenters. The number of nitrogens with one attached hydrogen (secondary N) is 4. The maximum absolute atomic E-state index is 16.2. The van der Waals surface area contributed by atoms with Gasteiger partial charge in [0.15, 0.2) is 46.5 Å². The van der Waals surface area contributed by atoms with Crippen molar-refractivity contribution in [1.82, 2.24) is 19.9 Å². The highest BCUT2D eigenvalue weighted by Crippen LogP contribution is 2.53. The zero-order valence-corrected chi connectivity index (χ0v) is 44.1. The maximum atomic E-state index is 16.2. The molecule has 4 aromatic heterocycles. The van der Waals surface area contributed by atoms with E-state index < -0.39 is 107 Å². The molecule has 0 saturated carbocycles. The number of rotatable bonds is 7. The van der Waals surface area contributed by atoms with Gasteiger partial charge in [0.2, 0.25) is 11.6 Å². The van der Waals surface area contributed by atoms with Crippen LogP contribution in [0.4, 0.5) is 43.9 Å². The van der Waals surface area contributed by atoms with Gasteiger partial charge in [0.1, 0.15) is 8.07 Å². The quantitative estimate of drug-likeness (QED) is 0.0320. The lowest BCUT2D eigenvalue weighted by Crippen LogP contribution is -2.28. The summed E-state index contributed by atoms with van der Waals surface area (Å²) in [7, 11) is -5.92. The summed E-state index contributed by atoms with van der Waals surface area (Å²) >= 11 is 0. The maximum Gasteiger partial charge on any atom is 0.362 e. The third-order valence-electron chi connectivity index (χ3n) is 11.8. The van der Waals surface area contributed by atoms with Crippen molar-refractivity contribution >= 4 is 43.3 Å². The molecule has 0 saturated heterocycles. The molecule has 8 aromatic rings. The van der Waals surface area contributed by atoms with Gasteiger partial charge in [0.25, 0.3) is 0 Å². The standard InChI is InChI=1S/C57H47F10N4O3PSi/c1-56(2,3)73-75(72,74-57(4,5)6)31-16-14-30(15-17-31)41-34-20-24-38(70-34)42(44-46(58)50(62)54(66)51(63)47(44)59)36-22-18-32(68-36)40(29-12-10-28(11-13-29)26-27-76(7,8)9)33-19-23-37(69-33)43(39-25-21-35(41)71-39)45-48(60)52(64)55(67)53(65)49(45)61/h10-25,68-71H,1-9H3. The van der Waals surface area contributed by atoms with Crippen molar-refractivity contribution in [3.05, 3.63) is 227 Å². The highest BCUT2D eigenvalue weighted by atomic mass is 31.2. The van der Waals surface area contributed by atoms with Gasteiger partial charge in [-0.3, -0.25) is 13.6 Å². The fraction of sp³-hybridized carbons (Fsp3) is 0.193. The van der Waals surface area contributed by atoms with Crippen molar-refractivity contribution in [2.24, 2.45) is 0 Å². The van der Waals surface area contributed by atoms with Crippen molar-refractivity contribution in [1.29, 1.82) is 0 Å². The second-order valence-corrected chi connectivity index (χ2v) is 27.7. The fourth-order valence-corrected chi connectivity index (χ4v) is 11.5. The molecule has 1 aliphatic rings. The van der Waals surface area contributed by atoms with Crippen LogP contribution >= 0.6 is 7.60 Å². The van der Waals surface area contributed by atoms with Crippen molar-refractivity contribution in [3.8, 4) is 11.5 Å². The van der Waals surface area contributed by atoms with E-state index in [9.17, 15) is 13.3 Å². The van der Waals surface area contributed by atoms with Crippen LogP contribution in [0.5, 0.6) is 0 Å². The van der Waals surface area contributed by atoms with Gasteiger partial charge in [-0.05, 0) is 125 Å². The first-order valence-electron chi connectivity index (χ1n) is 23.6. The Bertz CT molecular complexity index is 3970. The second kappa shape index (κ2) is 19.4. The average Bonchev–Trinajstić information content (AvgIpc) is 4.20. The summed E-state index contributed by atoms with van der Waals surface area (Å²) in [5, 5.41) is 0.0618. The molecule has 8 bridgehead atoms. The van der Waals surface area contributed by atoms with E-state index in [2.05, 4.69) is 51.0 Å². The van der Waals surface area contributed by atoms with Gasteiger partial charge in [-0.1, -0.05) is 49.8 Å². The Morgan fingerprint density at radius 1 is 0.408 bits per heavy atom. The summed E-state index contributed by atoms with van der Waals surface area (Å²) in [5.74, 6) is -18.9. The van der Waals surface area contributed by atoms with E-state index >= 15 is 35.1 Å². The monoisotopic (exact) mass is 1080 g/mol. The van der Waals surface area contributed by atoms with Crippen LogP contribution in [0.3, 0.4) is 0 Å². The van der Waals surface area contributed by atoms with Gasteiger partial charge in [0.05, 0.1) is 27.6 Å². The number of H-pyrrole nitrogens is 4. The predicted molar refractivity (Wildman–Crippen MR) is 273 cm³/mol. The third-order valence-corrected chi connectivity index (χ3v) is 15.2. The normalized spacial score (nSPS) is 13.4. The Morgan fingerprint density at radius 3 is 1.04 bits per heavy atom. The zero-order valence-electron chi connectivity index (χ0n) is 42.2. The highest BCUT2D eigenvalue weighted by molar-refractivity contribution is 7.62. The number of hydrogen-bond acceptors (Lipinski definition) is 3. The van der Waals surface area contributed by atoms with E-state index in [1.54, 1.807) is 65.8 Å². The number of fused-ring (bicyclic) bond motifs is 8. The van der Waals surface area contributed by atoms with Crippen LogP contribution in [0, 0.1) is 69.6 Å². The minimum atomic E-state index is -4.09. The van der Waals surface area contributed by atoms with Gasteiger partial charge in [0, 0.05) is 72.0 Å². The number of aromatic nitrogens is 4.